The van der Waals surface area contributed by atoms with E-state index in [1.165, 1.54) is 24.5 Å². The first-order valence-corrected chi connectivity index (χ1v) is 6.50. The molecule has 0 aliphatic rings. The Kier molecular flexibility index (Phi) is 3.44. The van der Waals surface area contributed by atoms with Gasteiger partial charge in [-0.2, -0.15) is 13.2 Å². The number of nitrogen functional groups attached to an aromatic ring is 1. The summed E-state index contributed by atoms with van der Waals surface area (Å²) in [6, 6.07) is 10.3. The van der Waals surface area contributed by atoms with Crippen molar-refractivity contribution in [2.24, 2.45) is 0 Å². The maximum Gasteiger partial charge on any atom is 0.419 e. The van der Waals surface area contributed by atoms with Gasteiger partial charge in [-0.05, 0) is 18.2 Å². The van der Waals surface area contributed by atoms with E-state index < -0.39 is 11.7 Å². The van der Waals surface area contributed by atoms with Crippen molar-refractivity contribution in [3.8, 4) is 5.75 Å². The highest BCUT2D eigenvalue weighted by molar-refractivity contribution is 5.90. The molecule has 2 aromatic carbocycles. The second-order valence-corrected chi connectivity index (χ2v) is 4.77. The summed E-state index contributed by atoms with van der Waals surface area (Å²) < 4.78 is 49.4. The van der Waals surface area contributed by atoms with Crippen LogP contribution in [0.15, 0.2) is 53.1 Å². The highest BCUT2D eigenvalue weighted by Crippen LogP contribution is 2.36. The first kappa shape index (κ1) is 14.3. The number of hydrogen-bond donors (Lipinski definition) is 1. The quantitative estimate of drug-likeness (QED) is 0.719. The number of rotatable bonds is 3. The molecule has 1 aromatic heterocycles. The van der Waals surface area contributed by atoms with Gasteiger partial charge in [0.25, 0.3) is 0 Å². The smallest absolute Gasteiger partial charge is 0.419 e. The molecule has 0 saturated carbocycles. The lowest BCUT2D eigenvalue weighted by Crippen LogP contribution is -2.08. The lowest BCUT2D eigenvalue weighted by atomic mass is 10.1. The van der Waals surface area contributed by atoms with Crippen LogP contribution in [-0.2, 0) is 12.8 Å². The molecule has 0 amide bonds. The Balaban J connectivity index is 1.88. The minimum Gasteiger partial charge on any atom is -0.488 e. The van der Waals surface area contributed by atoms with Crippen LogP contribution in [0.3, 0.4) is 0 Å². The Morgan fingerprint density at radius 3 is 2.59 bits per heavy atom. The van der Waals surface area contributed by atoms with E-state index in [-0.39, 0.29) is 12.4 Å². The van der Waals surface area contributed by atoms with E-state index in [1.807, 2.05) is 0 Å². The van der Waals surface area contributed by atoms with Crippen LogP contribution in [0.25, 0.3) is 11.0 Å². The predicted molar refractivity (Wildman–Crippen MR) is 76.4 cm³/mol. The normalized spacial score (nSPS) is 11.8. The summed E-state index contributed by atoms with van der Waals surface area (Å²) in [5.41, 5.74) is 6.59. The van der Waals surface area contributed by atoms with Crippen LogP contribution >= 0.6 is 0 Å². The van der Waals surface area contributed by atoms with E-state index in [1.54, 1.807) is 18.2 Å². The van der Waals surface area contributed by atoms with Gasteiger partial charge < -0.3 is 14.9 Å². The van der Waals surface area contributed by atoms with Crippen molar-refractivity contribution < 1.29 is 22.3 Å². The monoisotopic (exact) mass is 307 g/mol. The molecule has 3 aromatic rings. The van der Waals surface area contributed by atoms with Crippen LogP contribution in [0.2, 0.25) is 0 Å². The third kappa shape index (κ3) is 2.59. The van der Waals surface area contributed by atoms with Gasteiger partial charge >= 0.3 is 6.18 Å². The molecule has 2 N–H and O–H groups in total. The van der Waals surface area contributed by atoms with Crippen LogP contribution < -0.4 is 10.5 Å². The molecule has 3 nitrogen and oxygen atoms in total. The molecule has 0 radical (unpaired) electrons. The van der Waals surface area contributed by atoms with E-state index in [0.29, 0.717) is 16.8 Å². The summed E-state index contributed by atoms with van der Waals surface area (Å²) in [7, 11) is 0. The van der Waals surface area contributed by atoms with E-state index in [4.69, 9.17) is 14.9 Å². The fraction of sp³-hybridized carbons (Fsp3) is 0.125. The van der Waals surface area contributed by atoms with Crippen molar-refractivity contribution in [2.75, 3.05) is 5.73 Å². The van der Waals surface area contributed by atoms with Crippen LogP contribution in [-0.4, -0.2) is 0 Å². The van der Waals surface area contributed by atoms with Gasteiger partial charge in [-0.1, -0.05) is 24.3 Å². The lowest BCUT2D eigenvalue weighted by Gasteiger charge is -2.13. The zero-order valence-corrected chi connectivity index (χ0v) is 11.4. The van der Waals surface area contributed by atoms with Crippen molar-refractivity contribution in [2.45, 2.75) is 12.8 Å². The van der Waals surface area contributed by atoms with Crippen LogP contribution in [0.1, 0.15) is 11.1 Å². The summed E-state index contributed by atoms with van der Waals surface area (Å²) >= 11 is 0. The summed E-state index contributed by atoms with van der Waals surface area (Å²) in [6.07, 6.45) is -3.02. The number of ether oxygens (including phenoxy) is 1. The van der Waals surface area contributed by atoms with Crippen LogP contribution in [0.4, 0.5) is 18.9 Å². The summed E-state index contributed by atoms with van der Waals surface area (Å²) in [5.74, 6) is -0.215. The van der Waals surface area contributed by atoms with Crippen molar-refractivity contribution in [3.05, 3.63) is 59.9 Å². The zero-order valence-electron chi connectivity index (χ0n) is 11.4. The molecule has 0 aliphatic carbocycles. The Morgan fingerprint density at radius 2 is 1.82 bits per heavy atom. The molecule has 0 atom stereocenters. The average Bonchev–Trinajstić information content (AvgIpc) is 2.89. The SMILES string of the molecule is Nc1cccc2c(COc3ccccc3C(F)(F)F)coc12. The fourth-order valence-electron chi connectivity index (χ4n) is 2.23. The number of anilines is 1. The molecule has 1 heterocycles. The van der Waals surface area contributed by atoms with Gasteiger partial charge in [0, 0.05) is 10.9 Å². The minimum absolute atomic E-state index is 0.0381. The van der Waals surface area contributed by atoms with Gasteiger partial charge in [-0.25, -0.2) is 0 Å². The van der Waals surface area contributed by atoms with Crippen molar-refractivity contribution in [1.29, 1.82) is 0 Å². The number of halogens is 3. The van der Waals surface area contributed by atoms with Gasteiger partial charge in [0.15, 0.2) is 5.58 Å². The molecular weight excluding hydrogens is 295 g/mol. The highest BCUT2D eigenvalue weighted by atomic mass is 19.4. The van der Waals surface area contributed by atoms with E-state index in [9.17, 15) is 13.2 Å². The number of furan rings is 1. The van der Waals surface area contributed by atoms with Crippen molar-refractivity contribution >= 4 is 16.7 Å². The fourth-order valence-corrected chi connectivity index (χ4v) is 2.23. The lowest BCUT2D eigenvalue weighted by molar-refractivity contribution is -0.139. The van der Waals surface area contributed by atoms with Gasteiger partial charge in [-0.15, -0.1) is 0 Å². The minimum atomic E-state index is -4.46. The van der Waals surface area contributed by atoms with Gasteiger partial charge in [0.1, 0.15) is 12.4 Å². The summed E-state index contributed by atoms with van der Waals surface area (Å²) in [5, 5.41) is 0.726. The topological polar surface area (TPSA) is 48.4 Å². The molecule has 22 heavy (non-hydrogen) atoms. The van der Waals surface area contributed by atoms with E-state index in [2.05, 4.69) is 0 Å². The van der Waals surface area contributed by atoms with Gasteiger partial charge in [-0.3, -0.25) is 0 Å². The molecule has 0 bridgehead atoms. The number of hydrogen-bond acceptors (Lipinski definition) is 3. The molecule has 0 fully saturated rings. The van der Waals surface area contributed by atoms with Crippen LogP contribution in [0, 0.1) is 0 Å². The standard InChI is InChI=1S/C16H12F3NO2/c17-16(18,19)12-5-1-2-7-14(12)21-8-10-9-22-15-11(10)4-3-6-13(15)20/h1-7,9H,8,20H2. The Bertz CT molecular complexity index is 809. The first-order valence-electron chi connectivity index (χ1n) is 6.50. The Morgan fingerprint density at radius 1 is 1.05 bits per heavy atom. The maximum absolute atomic E-state index is 12.9. The third-order valence-electron chi connectivity index (χ3n) is 3.29. The molecule has 0 aliphatic heterocycles. The molecule has 0 spiro atoms. The Hall–Kier alpha value is -2.63. The van der Waals surface area contributed by atoms with E-state index >= 15 is 0 Å². The molecule has 114 valence electrons. The van der Waals surface area contributed by atoms with Crippen LogP contribution in [0.5, 0.6) is 5.75 Å². The Labute approximate surface area is 124 Å². The third-order valence-corrected chi connectivity index (χ3v) is 3.29. The number of alkyl halides is 3. The molecule has 0 saturated heterocycles. The number of fused-ring (bicyclic) bond motifs is 1. The van der Waals surface area contributed by atoms with Crippen molar-refractivity contribution in [1.82, 2.24) is 0 Å². The maximum atomic E-state index is 12.9. The molecule has 3 rings (SSSR count). The first-order chi connectivity index (χ1) is 10.5. The molecule has 6 heteroatoms. The van der Waals surface area contributed by atoms with Gasteiger partial charge in [0.05, 0.1) is 17.5 Å². The average molecular weight is 307 g/mol. The number of nitrogens with two attached hydrogens (primary N) is 1. The van der Waals surface area contributed by atoms with E-state index in [0.717, 1.165) is 11.5 Å². The van der Waals surface area contributed by atoms with Gasteiger partial charge in [0.2, 0.25) is 0 Å². The zero-order chi connectivity index (χ0) is 15.7. The highest BCUT2D eigenvalue weighted by Gasteiger charge is 2.34. The second-order valence-electron chi connectivity index (χ2n) is 4.77. The largest absolute Gasteiger partial charge is 0.488 e. The van der Waals surface area contributed by atoms with Crippen molar-refractivity contribution in [3.63, 3.8) is 0 Å². The molecule has 0 unspecified atom stereocenters. The molecular formula is C16H12F3NO2. The number of benzene rings is 2. The summed E-state index contributed by atoms with van der Waals surface area (Å²) in [4.78, 5) is 0. The summed E-state index contributed by atoms with van der Waals surface area (Å²) in [6.45, 7) is -0.0381. The second kappa shape index (κ2) is 5.29. The number of para-hydroxylation sites is 2. The predicted octanol–water partition coefficient (Wildman–Crippen LogP) is 4.61.